The highest BCUT2D eigenvalue weighted by molar-refractivity contribution is 7.90. The number of aliphatic hydroxyl groups excluding tert-OH is 1. The number of aliphatic hydroxyl groups is 1. The SMILES string of the molecule is CS(=O)(=O)c1cccc(-c2ccc(C(C=C(N)C(F)(F)F)=NCCN3CCC(O)C3)s2)c1. The largest absolute Gasteiger partial charge is 0.430 e. The Hall–Kier alpha value is -2.21. The van der Waals surface area contributed by atoms with Gasteiger partial charge in [-0.15, -0.1) is 11.3 Å². The third kappa shape index (κ3) is 6.41. The van der Waals surface area contributed by atoms with E-state index in [1.165, 1.54) is 23.5 Å². The normalized spacial score (nSPS) is 19.0. The van der Waals surface area contributed by atoms with E-state index in [2.05, 4.69) is 4.99 Å². The molecule has 0 radical (unpaired) electrons. The minimum absolute atomic E-state index is 0.107. The molecule has 1 atom stereocenters. The van der Waals surface area contributed by atoms with E-state index in [9.17, 15) is 26.7 Å². The van der Waals surface area contributed by atoms with Crippen molar-refractivity contribution in [1.29, 1.82) is 0 Å². The molecule has 3 rings (SSSR count). The fourth-order valence-corrected chi connectivity index (χ4v) is 4.91. The zero-order valence-corrected chi connectivity index (χ0v) is 19.0. The van der Waals surface area contributed by atoms with Gasteiger partial charge in [-0.25, -0.2) is 8.42 Å². The second kappa shape index (κ2) is 9.74. The second-order valence-electron chi connectivity index (χ2n) is 7.57. The van der Waals surface area contributed by atoms with Gasteiger partial charge in [0.15, 0.2) is 9.84 Å². The van der Waals surface area contributed by atoms with E-state index in [1.807, 2.05) is 4.90 Å². The highest BCUT2D eigenvalue weighted by Crippen LogP contribution is 2.31. The van der Waals surface area contributed by atoms with Crippen LogP contribution in [0.5, 0.6) is 0 Å². The zero-order valence-electron chi connectivity index (χ0n) is 17.3. The van der Waals surface area contributed by atoms with Crippen molar-refractivity contribution in [3.63, 3.8) is 0 Å². The minimum atomic E-state index is -4.68. The van der Waals surface area contributed by atoms with Crippen LogP contribution in [-0.2, 0) is 9.84 Å². The molecule has 2 heterocycles. The molecule has 174 valence electrons. The number of likely N-dealkylation sites (tertiary alicyclic amines) is 1. The van der Waals surface area contributed by atoms with E-state index in [1.54, 1.807) is 24.3 Å². The number of hydrogen-bond acceptors (Lipinski definition) is 7. The van der Waals surface area contributed by atoms with E-state index in [0.29, 0.717) is 41.4 Å². The molecule has 11 heteroatoms. The molecule has 1 fully saturated rings. The van der Waals surface area contributed by atoms with Crippen molar-refractivity contribution < 1.29 is 26.7 Å². The first-order valence-corrected chi connectivity index (χ1v) is 12.5. The van der Waals surface area contributed by atoms with E-state index in [0.717, 1.165) is 12.3 Å². The fourth-order valence-electron chi connectivity index (χ4n) is 3.26. The van der Waals surface area contributed by atoms with Crippen LogP contribution in [0, 0.1) is 0 Å². The Kier molecular flexibility index (Phi) is 7.43. The molecule has 0 saturated carbocycles. The average molecular weight is 488 g/mol. The lowest BCUT2D eigenvalue weighted by molar-refractivity contribution is -0.0925. The van der Waals surface area contributed by atoms with Crippen LogP contribution in [0.15, 0.2) is 58.1 Å². The van der Waals surface area contributed by atoms with E-state index in [-0.39, 0.29) is 23.3 Å². The number of aliphatic imine (C=N–C) groups is 1. The van der Waals surface area contributed by atoms with Gasteiger partial charge < -0.3 is 10.8 Å². The van der Waals surface area contributed by atoms with Crippen molar-refractivity contribution in [2.24, 2.45) is 10.7 Å². The highest BCUT2D eigenvalue weighted by Gasteiger charge is 2.32. The molecule has 6 nitrogen and oxygen atoms in total. The van der Waals surface area contributed by atoms with Crippen molar-refractivity contribution in [1.82, 2.24) is 4.90 Å². The first kappa shape index (κ1) is 24.4. The zero-order chi connectivity index (χ0) is 23.5. The van der Waals surface area contributed by atoms with Gasteiger partial charge in [0.25, 0.3) is 0 Å². The number of alkyl halides is 3. The molecular formula is C21H24F3N3O3S2. The minimum Gasteiger partial charge on any atom is -0.395 e. The van der Waals surface area contributed by atoms with Gasteiger partial charge in [0.05, 0.1) is 28.1 Å². The van der Waals surface area contributed by atoms with Crippen molar-refractivity contribution in [3.8, 4) is 10.4 Å². The van der Waals surface area contributed by atoms with Gasteiger partial charge in [0.1, 0.15) is 5.70 Å². The lowest BCUT2D eigenvalue weighted by atomic mass is 10.2. The summed E-state index contributed by atoms with van der Waals surface area (Å²) >= 11 is 1.20. The summed E-state index contributed by atoms with van der Waals surface area (Å²) in [6, 6.07) is 9.73. The van der Waals surface area contributed by atoms with Gasteiger partial charge in [-0.3, -0.25) is 9.89 Å². The lowest BCUT2D eigenvalue weighted by Gasteiger charge is -2.13. The molecule has 1 aromatic carbocycles. The summed E-state index contributed by atoms with van der Waals surface area (Å²) in [6.07, 6.45) is -2.47. The van der Waals surface area contributed by atoms with Crippen LogP contribution in [0.2, 0.25) is 0 Å². The Morgan fingerprint density at radius 3 is 2.72 bits per heavy atom. The Bertz CT molecular complexity index is 1120. The van der Waals surface area contributed by atoms with Crippen molar-refractivity contribution in [2.75, 3.05) is 32.4 Å². The fraction of sp³-hybridized carbons (Fsp3) is 0.381. The molecule has 1 aliphatic heterocycles. The summed E-state index contributed by atoms with van der Waals surface area (Å²) in [4.78, 5) is 7.69. The average Bonchev–Trinajstić information content (AvgIpc) is 3.35. The van der Waals surface area contributed by atoms with Crippen LogP contribution < -0.4 is 5.73 Å². The summed E-state index contributed by atoms with van der Waals surface area (Å²) in [6.45, 7) is 1.99. The van der Waals surface area contributed by atoms with Gasteiger partial charge in [-0.1, -0.05) is 12.1 Å². The van der Waals surface area contributed by atoms with Crippen molar-refractivity contribution in [3.05, 3.63) is 53.0 Å². The maximum atomic E-state index is 13.0. The molecular weight excluding hydrogens is 463 g/mol. The van der Waals surface area contributed by atoms with Crippen molar-refractivity contribution >= 4 is 26.9 Å². The van der Waals surface area contributed by atoms with Crippen LogP contribution in [0.3, 0.4) is 0 Å². The quantitative estimate of drug-likeness (QED) is 0.586. The third-order valence-corrected chi connectivity index (χ3v) is 7.24. The number of β-amino-alcohol motifs (C(OH)–C–C–N with tert-alkyl or cyclic N) is 1. The smallest absolute Gasteiger partial charge is 0.395 e. The first-order valence-electron chi connectivity index (χ1n) is 9.83. The summed E-state index contributed by atoms with van der Waals surface area (Å²) in [5, 5.41) is 9.61. The predicted octanol–water partition coefficient (Wildman–Crippen LogP) is 3.08. The van der Waals surface area contributed by atoms with E-state index < -0.39 is 21.7 Å². The molecule has 0 spiro atoms. The second-order valence-corrected chi connectivity index (χ2v) is 10.7. The maximum Gasteiger partial charge on any atom is 0.430 e. The van der Waals surface area contributed by atoms with Crippen LogP contribution in [0.4, 0.5) is 13.2 Å². The molecule has 1 saturated heterocycles. The molecule has 1 unspecified atom stereocenters. The van der Waals surface area contributed by atoms with Gasteiger partial charge in [0, 0.05) is 30.8 Å². The number of nitrogens with two attached hydrogens (primary N) is 1. The molecule has 0 bridgehead atoms. The number of thiophene rings is 1. The number of sulfone groups is 1. The monoisotopic (exact) mass is 487 g/mol. The van der Waals surface area contributed by atoms with Crippen LogP contribution in [0.1, 0.15) is 11.3 Å². The lowest BCUT2D eigenvalue weighted by Crippen LogP contribution is -2.25. The summed E-state index contributed by atoms with van der Waals surface area (Å²) < 4.78 is 62.7. The summed E-state index contributed by atoms with van der Waals surface area (Å²) in [5.41, 5.74) is 4.74. The number of rotatable bonds is 7. The van der Waals surface area contributed by atoms with Crippen LogP contribution >= 0.6 is 11.3 Å². The standard InChI is InChI=1S/C21H24F3N3O3S2/c1-32(29,30)16-4-2-3-14(11-16)18-5-6-19(31-18)17(12-20(25)21(22,23)24)26-8-10-27-9-7-15(28)13-27/h2-6,11-12,15,28H,7-10,13,25H2,1H3. The van der Waals surface area contributed by atoms with Crippen LogP contribution in [0.25, 0.3) is 10.4 Å². The van der Waals surface area contributed by atoms with Crippen LogP contribution in [-0.4, -0.2) is 68.9 Å². The van der Waals surface area contributed by atoms with Gasteiger partial charge in [-0.05, 0) is 42.3 Å². The number of nitrogens with zero attached hydrogens (tertiary/aromatic N) is 2. The molecule has 1 aromatic heterocycles. The third-order valence-electron chi connectivity index (χ3n) is 4.97. The number of halogens is 3. The Morgan fingerprint density at radius 2 is 2.09 bits per heavy atom. The van der Waals surface area contributed by atoms with Gasteiger partial charge >= 0.3 is 6.18 Å². The molecule has 0 aliphatic carbocycles. The Balaban J connectivity index is 1.88. The summed E-state index contributed by atoms with van der Waals surface area (Å²) in [5.74, 6) is 0. The topological polar surface area (TPSA) is 96.0 Å². The van der Waals surface area contributed by atoms with Crippen molar-refractivity contribution in [2.45, 2.75) is 23.6 Å². The molecule has 1 aliphatic rings. The molecule has 0 amide bonds. The molecule has 32 heavy (non-hydrogen) atoms. The predicted molar refractivity (Wildman–Crippen MR) is 120 cm³/mol. The first-order chi connectivity index (χ1) is 14.9. The van der Waals surface area contributed by atoms with E-state index >= 15 is 0 Å². The van der Waals surface area contributed by atoms with Gasteiger partial charge in [0.2, 0.25) is 0 Å². The van der Waals surface area contributed by atoms with E-state index in [4.69, 9.17) is 5.73 Å². The summed E-state index contributed by atoms with van der Waals surface area (Å²) in [7, 11) is -3.39. The molecule has 3 N–H and O–H groups in total. The number of hydrogen-bond donors (Lipinski definition) is 2. The molecule has 2 aromatic rings. The van der Waals surface area contributed by atoms with Gasteiger partial charge in [-0.2, -0.15) is 13.2 Å². The highest BCUT2D eigenvalue weighted by atomic mass is 32.2. The number of allylic oxidation sites excluding steroid dienone is 2. The maximum absolute atomic E-state index is 13.0. The Morgan fingerprint density at radius 1 is 1.34 bits per heavy atom. The number of benzene rings is 1. The Labute approximate surface area is 188 Å².